The number of hydrogen-bond acceptors (Lipinski definition) is 4. The van der Waals surface area contributed by atoms with E-state index in [0.717, 1.165) is 42.6 Å². The van der Waals surface area contributed by atoms with Crippen molar-refractivity contribution in [3.63, 3.8) is 0 Å². The van der Waals surface area contributed by atoms with Gasteiger partial charge < -0.3 is 15.1 Å². The highest BCUT2D eigenvalue weighted by Gasteiger charge is 2.19. The first-order valence-corrected chi connectivity index (χ1v) is 8.65. The fraction of sp³-hybridized carbons (Fsp3) is 0.263. The Morgan fingerprint density at radius 1 is 1.16 bits per heavy atom. The second-order valence-corrected chi connectivity index (χ2v) is 6.32. The van der Waals surface area contributed by atoms with Gasteiger partial charge in [-0.05, 0) is 24.3 Å². The van der Waals surface area contributed by atoms with Crippen LogP contribution in [0.25, 0.3) is 0 Å². The summed E-state index contributed by atoms with van der Waals surface area (Å²) in [6.45, 7) is 7.58. The molecule has 6 heteroatoms. The van der Waals surface area contributed by atoms with Crippen LogP contribution in [-0.4, -0.2) is 43.6 Å². The lowest BCUT2D eigenvalue weighted by Gasteiger charge is -2.37. The van der Waals surface area contributed by atoms with Gasteiger partial charge in [0.05, 0.1) is 17.4 Å². The summed E-state index contributed by atoms with van der Waals surface area (Å²) < 4.78 is 0. The molecule has 1 amide bonds. The third kappa shape index (κ3) is 4.31. The van der Waals surface area contributed by atoms with E-state index in [4.69, 9.17) is 11.6 Å². The van der Waals surface area contributed by atoms with E-state index in [0.29, 0.717) is 12.1 Å². The van der Waals surface area contributed by atoms with E-state index in [-0.39, 0.29) is 5.91 Å². The van der Waals surface area contributed by atoms with Crippen LogP contribution < -0.4 is 15.1 Å². The third-order valence-electron chi connectivity index (χ3n) is 4.21. The molecule has 2 heterocycles. The van der Waals surface area contributed by atoms with Crippen molar-refractivity contribution in [2.75, 3.05) is 42.5 Å². The lowest BCUT2D eigenvalue weighted by molar-refractivity contribution is 0.0957. The molecule has 2 aromatic rings. The van der Waals surface area contributed by atoms with E-state index in [1.54, 1.807) is 18.5 Å². The molecule has 1 aromatic carbocycles. The summed E-state index contributed by atoms with van der Waals surface area (Å²) in [5.41, 5.74) is 2.68. The third-order valence-corrected chi connectivity index (χ3v) is 4.45. The predicted octanol–water partition coefficient (Wildman–Crippen LogP) is 2.98. The Balaban J connectivity index is 1.65. The number of benzene rings is 1. The first-order chi connectivity index (χ1) is 12.2. The number of piperazine rings is 1. The van der Waals surface area contributed by atoms with Crippen molar-refractivity contribution in [3.05, 3.63) is 66.0 Å². The van der Waals surface area contributed by atoms with Gasteiger partial charge in [0, 0.05) is 49.6 Å². The molecule has 0 atom stereocenters. The Morgan fingerprint density at radius 2 is 1.88 bits per heavy atom. The topological polar surface area (TPSA) is 48.5 Å². The van der Waals surface area contributed by atoms with Crippen molar-refractivity contribution in [3.8, 4) is 0 Å². The number of carbonyl (C=O) groups excluding carboxylic acids is 1. The largest absolute Gasteiger partial charge is 0.368 e. The number of rotatable bonds is 5. The van der Waals surface area contributed by atoms with Crippen LogP contribution in [0, 0.1) is 0 Å². The Bertz CT molecular complexity index is 757. The van der Waals surface area contributed by atoms with Crippen LogP contribution in [-0.2, 0) is 0 Å². The van der Waals surface area contributed by atoms with Gasteiger partial charge in [0.1, 0.15) is 0 Å². The van der Waals surface area contributed by atoms with Crippen LogP contribution in [0.5, 0.6) is 0 Å². The molecule has 0 unspecified atom stereocenters. The van der Waals surface area contributed by atoms with E-state index in [2.05, 4.69) is 32.7 Å². The zero-order valence-electron chi connectivity index (χ0n) is 14.0. The van der Waals surface area contributed by atoms with Gasteiger partial charge in [-0.2, -0.15) is 0 Å². The number of aromatic nitrogens is 1. The van der Waals surface area contributed by atoms with Gasteiger partial charge in [0.2, 0.25) is 0 Å². The molecule has 1 N–H and O–H groups in total. The SMILES string of the molecule is C=CCNC(=O)c1cncc(N2CCN(c3cccc(Cl)c3)CC2)c1. The van der Waals surface area contributed by atoms with Crippen molar-refractivity contribution < 1.29 is 4.79 Å². The Hall–Kier alpha value is -2.53. The van der Waals surface area contributed by atoms with Crippen molar-refractivity contribution in [2.45, 2.75) is 0 Å². The summed E-state index contributed by atoms with van der Waals surface area (Å²) in [6, 6.07) is 9.81. The second-order valence-electron chi connectivity index (χ2n) is 5.88. The maximum atomic E-state index is 12.1. The van der Waals surface area contributed by atoms with Crippen LogP contribution >= 0.6 is 11.6 Å². The van der Waals surface area contributed by atoms with Crippen LogP contribution in [0.1, 0.15) is 10.4 Å². The minimum Gasteiger partial charge on any atom is -0.368 e. The van der Waals surface area contributed by atoms with E-state index in [1.807, 2.05) is 24.3 Å². The van der Waals surface area contributed by atoms with E-state index < -0.39 is 0 Å². The molecule has 130 valence electrons. The van der Waals surface area contributed by atoms with Gasteiger partial charge in [0.25, 0.3) is 5.91 Å². The normalized spacial score (nSPS) is 14.3. The highest BCUT2D eigenvalue weighted by Crippen LogP contribution is 2.23. The van der Waals surface area contributed by atoms with Gasteiger partial charge in [0.15, 0.2) is 0 Å². The average molecular weight is 357 g/mol. The fourth-order valence-corrected chi connectivity index (χ4v) is 3.07. The lowest BCUT2D eigenvalue weighted by Crippen LogP contribution is -2.46. The van der Waals surface area contributed by atoms with Gasteiger partial charge in [-0.3, -0.25) is 9.78 Å². The molecule has 1 aliphatic heterocycles. The smallest absolute Gasteiger partial charge is 0.253 e. The van der Waals surface area contributed by atoms with Gasteiger partial charge in [-0.25, -0.2) is 0 Å². The maximum Gasteiger partial charge on any atom is 0.253 e. The summed E-state index contributed by atoms with van der Waals surface area (Å²) in [7, 11) is 0. The minimum absolute atomic E-state index is 0.133. The standard InChI is InChI=1S/C19H21ClN4O/c1-2-6-22-19(25)15-11-18(14-21-13-15)24-9-7-23(8-10-24)17-5-3-4-16(20)12-17/h2-5,11-14H,1,6-10H2,(H,22,25). The molecule has 1 fully saturated rings. The number of carbonyl (C=O) groups is 1. The fourth-order valence-electron chi connectivity index (χ4n) is 2.89. The Kier molecular flexibility index (Phi) is 5.56. The molecule has 0 radical (unpaired) electrons. The number of anilines is 2. The number of amides is 1. The highest BCUT2D eigenvalue weighted by atomic mass is 35.5. The summed E-state index contributed by atoms with van der Waals surface area (Å²) in [6.07, 6.45) is 5.05. The molecule has 0 spiro atoms. The summed E-state index contributed by atoms with van der Waals surface area (Å²) in [5, 5.41) is 3.53. The first kappa shape index (κ1) is 17.3. The zero-order chi connectivity index (χ0) is 17.6. The van der Waals surface area contributed by atoms with Crippen LogP contribution in [0.4, 0.5) is 11.4 Å². The average Bonchev–Trinajstić information content (AvgIpc) is 2.66. The molecule has 3 rings (SSSR count). The van der Waals surface area contributed by atoms with Crippen LogP contribution in [0.15, 0.2) is 55.4 Å². The maximum absolute atomic E-state index is 12.1. The van der Waals surface area contributed by atoms with Crippen LogP contribution in [0.3, 0.4) is 0 Å². The molecular formula is C19H21ClN4O. The lowest BCUT2D eigenvalue weighted by atomic mass is 10.2. The molecule has 0 saturated carbocycles. The molecule has 1 aliphatic rings. The van der Waals surface area contributed by atoms with Gasteiger partial charge in [-0.1, -0.05) is 23.7 Å². The quantitative estimate of drug-likeness (QED) is 0.837. The zero-order valence-corrected chi connectivity index (χ0v) is 14.7. The monoisotopic (exact) mass is 356 g/mol. The Labute approximate surface area is 152 Å². The molecule has 1 saturated heterocycles. The van der Waals surface area contributed by atoms with Crippen molar-refractivity contribution >= 4 is 28.9 Å². The number of nitrogens with zero attached hydrogens (tertiary/aromatic N) is 3. The summed E-state index contributed by atoms with van der Waals surface area (Å²) in [4.78, 5) is 20.9. The molecule has 1 aromatic heterocycles. The van der Waals surface area contributed by atoms with E-state index in [1.165, 1.54) is 0 Å². The minimum atomic E-state index is -0.133. The predicted molar refractivity (Wildman–Crippen MR) is 103 cm³/mol. The van der Waals surface area contributed by atoms with Crippen molar-refractivity contribution in [2.24, 2.45) is 0 Å². The van der Waals surface area contributed by atoms with E-state index >= 15 is 0 Å². The number of nitrogens with one attached hydrogen (secondary N) is 1. The first-order valence-electron chi connectivity index (χ1n) is 8.27. The van der Waals surface area contributed by atoms with Crippen LogP contribution in [0.2, 0.25) is 5.02 Å². The van der Waals surface area contributed by atoms with Crippen molar-refractivity contribution in [1.29, 1.82) is 0 Å². The second kappa shape index (κ2) is 8.03. The van der Waals surface area contributed by atoms with Crippen molar-refractivity contribution in [1.82, 2.24) is 10.3 Å². The number of halogens is 1. The molecule has 0 bridgehead atoms. The Morgan fingerprint density at radius 3 is 2.56 bits per heavy atom. The number of hydrogen-bond donors (Lipinski definition) is 1. The summed E-state index contributed by atoms with van der Waals surface area (Å²) in [5.74, 6) is -0.133. The van der Waals surface area contributed by atoms with Gasteiger partial charge in [-0.15, -0.1) is 6.58 Å². The summed E-state index contributed by atoms with van der Waals surface area (Å²) >= 11 is 6.08. The molecule has 25 heavy (non-hydrogen) atoms. The molecule has 5 nitrogen and oxygen atoms in total. The molecular weight excluding hydrogens is 336 g/mol. The number of pyridine rings is 1. The molecule has 0 aliphatic carbocycles. The van der Waals surface area contributed by atoms with Gasteiger partial charge >= 0.3 is 0 Å². The van der Waals surface area contributed by atoms with E-state index in [9.17, 15) is 4.79 Å². The highest BCUT2D eigenvalue weighted by molar-refractivity contribution is 6.30.